The largest absolute Gasteiger partial charge is 0.504 e. The van der Waals surface area contributed by atoms with Crippen LogP contribution < -0.4 is 4.74 Å². The molecule has 0 saturated heterocycles. The zero-order chi connectivity index (χ0) is 19.6. The molecule has 142 valence electrons. The quantitative estimate of drug-likeness (QED) is 0.575. The topological polar surface area (TPSA) is 112 Å². The van der Waals surface area contributed by atoms with Crippen molar-refractivity contribution >= 4 is 33.7 Å². The molecule has 0 unspecified atom stereocenters. The van der Waals surface area contributed by atoms with Gasteiger partial charge in [-0.25, -0.2) is 5.01 Å². The number of sulfonamides is 1. The van der Waals surface area contributed by atoms with Gasteiger partial charge in [0.1, 0.15) is 4.90 Å². The Kier molecular flexibility index (Phi) is 5.36. The third kappa shape index (κ3) is 3.75. The number of ether oxygens (including phenoxy) is 1. The van der Waals surface area contributed by atoms with Crippen LogP contribution in [-0.4, -0.2) is 56.0 Å². The van der Waals surface area contributed by atoms with Crippen LogP contribution in [0.4, 0.5) is 0 Å². The lowest BCUT2D eigenvalue weighted by Crippen LogP contribution is -2.28. The summed E-state index contributed by atoms with van der Waals surface area (Å²) in [5.74, 6) is 0.0872. The fourth-order valence-corrected chi connectivity index (χ4v) is 3.99. The molecule has 1 aliphatic heterocycles. The smallest absolute Gasteiger partial charge is 0.285 e. The molecular formula is C17H16ClN3O5S. The molecule has 3 rings (SSSR count). The van der Waals surface area contributed by atoms with Crippen molar-refractivity contribution in [3.8, 4) is 11.5 Å². The van der Waals surface area contributed by atoms with Gasteiger partial charge in [0.05, 0.1) is 26.5 Å². The predicted octanol–water partition coefficient (Wildman–Crippen LogP) is 1.83. The third-order valence-corrected chi connectivity index (χ3v) is 5.34. The molecule has 2 N–H and O–H groups in total. The van der Waals surface area contributed by atoms with Gasteiger partial charge in [-0.3, -0.25) is 0 Å². The van der Waals surface area contributed by atoms with E-state index >= 15 is 0 Å². The van der Waals surface area contributed by atoms with Gasteiger partial charge >= 0.3 is 0 Å². The Balaban J connectivity index is 2.02. The number of benzene rings is 2. The second-order valence-electron chi connectivity index (χ2n) is 5.52. The van der Waals surface area contributed by atoms with E-state index in [1.165, 1.54) is 36.5 Å². The second-order valence-corrected chi connectivity index (χ2v) is 7.53. The van der Waals surface area contributed by atoms with E-state index in [-0.39, 0.29) is 40.9 Å². The minimum Gasteiger partial charge on any atom is -0.504 e. The SMILES string of the molecule is COc1cc(Cl)cc(C=NN(CCO)C2=NS(=O)(=O)c3ccccc32)c1O. The van der Waals surface area contributed by atoms with Gasteiger partial charge in [0.15, 0.2) is 17.3 Å². The number of hydrogen-bond acceptors (Lipinski definition) is 7. The lowest BCUT2D eigenvalue weighted by molar-refractivity contribution is 0.254. The van der Waals surface area contributed by atoms with Gasteiger partial charge in [-0.05, 0) is 18.2 Å². The fraction of sp³-hybridized carbons (Fsp3) is 0.176. The van der Waals surface area contributed by atoms with E-state index in [0.29, 0.717) is 10.6 Å². The van der Waals surface area contributed by atoms with Crippen molar-refractivity contribution in [1.29, 1.82) is 0 Å². The van der Waals surface area contributed by atoms with Crippen LogP contribution in [0.3, 0.4) is 0 Å². The highest BCUT2D eigenvalue weighted by Gasteiger charge is 2.31. The number of phenols is 1. The summed E-state index contributed by atoms with van der Waals surface area (Å²) in [6.45, 7) is -0.291. The van der Waals surface area contributed by atoms with Gasteiger partial charge < -0.3 is 14.9 Å². The highest BCUT2D eigenvalue weighted by atomic mass is 35.5. The zero-order valence-electron chi connectivity index (χ0n) is 14.2. The average Bonchev–Trinajstić information content (AvgIpc) is 2.92. The first-order chi connectivity index (χ1) is 12.9. The number of phenolic OH excluding ortho intramolecular Hbond substituents is 1. The number of hydrogen-bond donors (Lipinski definition) is 2. The monoisotopic (exact) mass is 409 g/mol. The van der Waals surface area contributed by atoms with E-state index in [4.69, 9.17) is 16.3 Å². The molecule has 0 bridgehead atoms. The number of aromatic hydroxyl groups is 1. The summed E-state index contributed by atoms with van der Waals surface area (Å²) in [6.07, 6.45) is 1.29. The summed E-state index contributed by atoms with van der Waals surface area (Å²) < 4.78 is 33.3. The van der Waals surface area contributed by atoms with Crippen molar-refractivity contribution in [2.24, 2.45) is 9.50 Å². The summed E-state index contributed by atoms with van der Waals surface area (Å²) in [7, 11) is -2.44. The molecule has 0 atom stereocenters. The van der Waals surface area contributed by atoms with Gasteiger partial charge in [-0.1, -0.05) is 23.7 Å². The first-order valence-corrected chi connectivity index (χ1v) is 9.62. The number of halogens is 1. The Morgan fingerprint density at radius 1 is 1.33 bits per heavy atom. The van der Waals surface area contributed by atoms with Gasteiger partial charge in [-0.15, -0.1) is 4.40 Å². The molecule has 1 heterocycles. The average molecular weight is 410 g/mol. The molecule has 0 radical (unpaired) electrons. The highest BCUT2D eigenvalue weighted by molar-refractivity contribution is 7.90. The van der Waals surface area contributed by atoms with Crippen LogP contribution in [0, 0.1) is 0 Å². The van der Waals surface area contributed by atoms with Crippen molar-refractivity contribution in [3.05, 3.63) is 52.5 Å². The number of nitrogens with zero attached hydrogens (tertiary/aromatic N) is 3. The third-order valence-electron chi connectivity index (χ3n) is 3.79. The first kappa shape index (κ1) is 19.2. The molecule has 0 amide bonds. The standard InChI is InChI=1S/C17H16ClN3O5S/c1-26-14-9-12(18)8-11(16(14)23)10-19-21(6-7-22)17-13-4-2-3-5-15(13)27(24,25)20-17/h2-5,8-10,22-23H,6-7H2,1H3. The molecule has 10 heteroatoms. The minimum atomic E-state index is -3.83. The molecule has 0 aliphatic carbocycles. The number of aliphatic hydroxyl groups excluding tert-OH is 1. The van der Waals surface area contributed by atoms with Gasteiger partial charge in [0, 0.05) is 22.2 Å². The Morgan fingerprint density at radius 2 is 2.07 bits per heavy atom. The van der Waals surface area contributed by atoms with E-state index < -0.39 is 10.0 Å². The van der Waals surface area contributed by atoms with Crippen LogP contribution in [0.1, 0.15) is 11.1 Å². The number of rotatable bonds is 5. The highest BCUT2D eigenvalue weighted by Crippen LogP contribution is 2.33. The van der Waals surface area contributed by atoms with Crippen LogP contribution in [0.15, 0.2) is 50.8 Å². The summed E-state index contributed by atoms with van der Waals surface area (Å²) in [5.41, 5.74) is 0.646. The molecule has 0 spiro atoms. The zero-order valence-corrected chi connectivity index (χ0v) is 15.8. The minimum absolute atomic E-state index is 0.00233. The van der Waals surface area contributed by atoms with E-state index in [1.54, 1.807) is 18.2 Å². The Labute approximate surface area is 161 Å². The number of amidine groups is 1. The Bertz CT molecular complexity index is 1040. The summed E-state index contributed by atoms with van der Waals surface area (Å²) in [6, 6.07) is 9.27. The van der Waals surface area contributed by atoms with Gasteiger partial charge in [-0.2, -0.15) is 13.5 Å². The Morgan fingerprint density at radius 3 is 2.78 bits per heavy atom. The van der Waals surface area contributed by atoms with Crippen LogP contribution in [0.5, 0.6) is 11.5 Å². The van der Waals surface area contributed by atoms with E-state index in [9.17, 15) is 18.6 Å². The molecule has 0 aromatic heterocycles. The molecule has 8 nitrogen and oxygen atoms in total. The van der Waals surface area contributed by atoms with Crippen molar-refractivity contribution in [1.82, 2.24) is 5.01 Å². The lowest BCUT2D eigenvalue weighted by atomic mass is 10.2. The van der Waals surface area contributed by atoms with Crippen molar-refractivity contribution < 1.29 is 23.4 Å². The van der Waals surface area contributed by atoms with Gasteiger partial charge in [0.25, 0.3) is 10.0 Å². The maximum Gasteiger partial charge on any atom is 0.285 e. The van der Waals surface area contributed by atoms with Crippen molar-refractivity contribution in [2.45, 2.75) is 4.90 Å². The summed E-state index contributed by atoms with van der Waals surface area (Å²) >= 11 is 6.00. The maximum absolute atomic E-state index is 12.2. The number of aliphatic hydroxyl groups is 1. The normalized spacial score (nSPS) is 14.9. The number of hydrazone groups is 1. The molecule has 0 fully saturated rings. The first-order valence-electron chi connectivity index (χ1n) is 7.80. The van der Waals surface area contributed by atoms with E-state index in [1.807, 2.05) is 0 Å². The van der Waals surface area contributed by atoms with Crippen molar-refractivity contribution in [2.75, 3.05) is 20.3 Å². The lowest BCUT2D eigenvalue weighted by Gasteiger charge is -2.17. The van der Waals surface area contributed by atoms with Crippen LogP contribution in [0.25, 0.3) is 0 Å². The Hall–Kier alpha value is -2.62. The second kappa shape index (κ2) is 7.55. The number of fused-ring (bicyclic) bond motifs is 1. The van der Waals surface area contributed by atoms with Crippen LogP contribution >= 0.6 is 11.6 Å². The van der Waals surface area contributed by atoms with E-state index in [2.05, 4.69) is 9.50 Å². The van der Waals surface area contributed by atoms with Crippen LogP contribution in [-0.2, 0) is 10.0 Å². The number of methoxy groups -OCH3 is 1. The molecule has 2 aromatic rings. The maximum atomic E-state index is 12.2. The molecular weight excluding hydrogens is 394 g/mol. The fourth-order valence-electron chi connectivity index (χ4n) is 2.57. The molecule has 0 saturated carbocycles. The van der Waals surface area contributed by atoms with Gasteiger partial charge in [0.2, 0.25) is 0 Å². The molecule has 27 heavy (non-hydrogen) atoms. The summed E-state index contributed by atoms with van der Waals surface area (Å²) in [5, 5.41) is 25.3. The molecule has 1 aliphatic rings. The molecule has 2 aromatic carbocycles. The van der Waals surface area contributed by atoms with Crippen molar-refractivity contribution in [3.63, 3.8) is 0 Å². The van der Waals surface area contributed by atoms with Crippen LogP contribution in [0.2, 0.25) is 5.02 Å². The predicted molar refractivity (Wildman–Crippen MR) is 101 cm³/mol. The summed E-state index contributed by atoms with van der Waals surface area (Å²) in [4.78, 5) is 0.0745. The van der Waals surface area contributed by atoms with E-state index in [0.717, 1.165) is 0 Å².